The van der Waals surface area contributed by atoms with Crippen LogP contribution in [-0.2, 0) is 0 Å². The molecule has 1 saturated heterocycles. The maximum Gasteiger partial charge on any atom is 0.181 e. The average molecular weight is 303 g/mol. The molecule has 1 fully saturated rings. The zero-order chi connectivity index (χ0) is 15.5. The molecule has 2 aromatic rings. The van der Waals surface area contributed by atoms with Crippen LogP contribution in [0.1, 0.15) is 6.92 Å². The van der Waals surface area contributed by atoms with Crippen LogP contribution in [0.5, 0.6) is 0 Å². The number of nitrogens with zero attached hydrogens (tertiary/aromatic N) is 6. The fourth-order valence-corrected chi connectivity index (χ4v) is 2.72. The number of piperazine rings is 1. The van der Waals surface area contributed by atoms with E-state index in [4.69, 9.17) is 5.73 Å². The van der Waals surface area contributed by atoms with Crippen LogP contribution in [0.15, 0.2) is 24.8 Å². The molecular formula is C14H21N7O. The molecule has 118 valence electrons. The highest BCUT2D eigenvalue weighted by atomic mass is 16.3. The number of β-amino-alcohol motifs (C(OH)–C–C–N with tert-alkyl or cyclic N) is 1. The highest BCUT2D eigenvalue weighted by Gasteiger charge is 2.22. The Kier molecular flexibility index (Phi) is 4.21. The van der Waals surface area contributed by atoms with Crippen molar-refractivity contribution in [2.75, 3.05) is 43.4 Å². The molecule has 0 aliphatic carbocycles. The summed E-state index contributed by atoms with van der Waals surface area (Å²) in [5.41, 5.74) is 6.78. The van der Waals surface area contributed by atoms with E-state index in [-0.39, 0.29) is 6.10 Å². The second-order valence-electron chi connectivity index (χ2n) is 5.52. The van der Waals surface area contributed by atoms with Gasteiger partial charge in [0.2, 0.25) is 0 Å². The van der Waals surface area contributed by atoms with Gasteiger partial charge in [0.1, 0.15) is 12.0 Å². The van der Waals surface area contributed by atoms with Crippen molar-refractivity contribution >= 4 is 11.5 Å². The zero-order valence-corrected chi connectivity index (χ0v) is 12.6. The summed E-state index contributed by atoms with van der Waals surface area (Å²) in [7, 11) is 0. The van der Waals surface area contributed by atoms with Crippen molar-refractivity contribution in [3.8, 4) is 5.82 Å². The van der Waals surface area contributed by atoms with E-state index in [0.29, 0.717) is 18.1 Å². The molecule has 0 amide bonds. The van der Waals surface area contributed by atoms with E-state index in [1.165, 1.54) is 6.33 Å². The van der Waals surface area contributed by atoms with E-state index in [1.54, 1.807) is 10.9 Å². The number of hydrogen-bond donors (Lipinski definition) is 2. The number of anilines is 2. The Balaban J connectivity index is 1.75. The minimum absolute atomic E-state index is 0.304. The van der Waals surface area contributed by atoms with Crippen molar-refractivity contribution < 1.29 is 5.11 Å². The van der Waals surface area contributed by atoms with Gasteiger partial charge in [-0.1, -0.05) is 0 Å². The van der Waals surface area contributed by atoms with Gasteiger partial charge in [-0.2, -0.15) is 5.10 Å². The number of nitrogens with two attached hydrogens (primary N) is 1. The molecule has 3 rings (SSSR count). The second kappa shape index (κ2) is 6.29. The first-order valence-corrected chi connectivity index (χ1v) is 7.41. The molecule has 1 aliphatic heterocycles. The Hall–Kier alpha value is -2.19. The number of aromatic nitrogens is 4. The molecule has 2 aromatic heterocycles. The van der Waals surface area contributed by atoms with Gasteiger partial charge < -0.3 is 15.7 Å². The van der Waals surface area contributed by atoms with Crippen LogP contribution in [0.2, 0.25) is 0 Å². The third-order valence-electron chi connectivity index (χ3n) is 3.76. The summed E-state index contributed by atoms with van der Waals surface area (Å²) >= 11 is 0. The maximum absolute atomic E-state index is 9.47. The van der Waals surface area contributed by atoms with E-state index in [0.717, 1.165) is 32.0 Å². The standard InChI is InChI=1S/C14H21N7O/c1-11(22)9-19-5-7-20(8-6-19)13-12(15)14(17-10-16-13)21-4-2-3-18-21/h2-4,10-11,22H,5-9,15H2,1H3/t11-/m1/s1. The van der Waals surface area contributed by atoms with Gasteiger partial charge in [0.15, 0.2) is 11.6 Å². The number of nitrogen functional groups attached to an aromatic ring is 1. The monoisotopic (exact) mass is 303 g/mol. The van der Waals surface area contributed by atoms with Gasteiger partial charge in [0.05, 0.1) is 6.10 Å². The quantitative estimate of drug-likeness (QED) is 0.803. The van der Waals surface area contributed by atoms with Crippen molar-refractivity contribution in [3.05, 3.63) is 24.8 Å². The zero-order valence-electron chi connectivity index (χ0n) is 12.6. The molecule has 22 heavy (non-hydrogen) atoms. The Morgan fingerprint density at radius 3 is 2.59 bits per heavy atom. The molecule has 0 radical (unpaired) electrons. The molecule has 8 heteroatoms. The number of rotatable bonds is 4. The largest absolute Gasteiger partial charge is 0.393 e. The predicted molar refractivity (Wildman–Crippen MR) is 83.9 cm³/mol. The molecule has 3 heterocycles. The van der Waals surface area contributed by atoms with Crippen molar-refractivity contribution in [1.29, 1.82) is 0 Å². The Bertz CT molecular complexity index is 606. The van der Waals surface area contributed by atoms with Crippen LogP contribution in [0.3, 0.4) is 0 Å². The molecule has 1 atom stereocenters. The SMILES string of the molecule is C[C@@H](O)CN1CCN(c2ncnc(-n3cccn3)c2N)CC1. The van der Waals surface area contributed by atoms with E-state index >= 15 is 0 Å². The third-order valence-corrected chi connectivity index (χ3v) is 3.76. The Labute approximate surface area is 129 Å². The molecular weight excluding hydrogens is 282 g/mol. The van der Waals surface area contributed by atoms with Gasteiger partial charge in [-0.25, -0.2) is 14.6 Å². The number of aliphatic hydroxyl groups excluding tert-OH is 1. The lowest BCUT2D eigenvalue weighted by Crippen LogP contribution is -2.48. The van der Waals surface area contributed by atoms with Gasteiger partial charge in [-0.3, -0.25) is 4.90 Å². The summed E-state index contributed by atoms with van der Waals surface area (Å²) in [4.78, 5) is 13.0. The van der Waals surface area contributed by atoms with Crippen LogP contribution in [0, 0.1) is 0 Å². The highest BCUT2D eigenvalue weighted by Crippen LogP contribution is 2.25. The van der Waals surface area contributed by atoms with E-state index in [9.17, 15) is 5.11 Å². The summed E-state index contributed by atoms with van der Waals surface area (Å²) in [5, 5.41) is 13.6. The first kappa shape index (κ1) is 14.7. The summed E-state index contributed by atoms with van der Waals surface area (Å²) in [6.07, 6.45) is 4.71. The van der Waals surface area contributed by atoms with Crippen LogP contribution >= 0.6 is 0 Å². The number of hydrogen-bond acceptors (Lipinski definition) is 7. The van der Waals surface area contributed by atoms with Gasteiger partial charge in [-0.05, 0) is 13.0 Å². The first-order chi connectivity index (χ1) is 10.6. The van der Waals surface area contributed by atoms with Gasteiger partial charge >= 0.3 is 0 Å². The lowest BCUT2D eigenvalue weighted by atomic mass is 10.2. The van der Waals surface area contributed by atoms with E-state index in [2.05, 4.69) is 24.9 Å². The predicted octanol–water partition coefficient (Wildman–Crippen LogP) is -0.253. The van der Waals surface area contributed by atoms with Crippen LogP contribution in [0.4, 0.5) is 11.5 Å². The molecule has 1 aliphatic rings. The van der Waals surface area contributed by atoms with Crippen molar-refractivity contribution in [1.82, 2.24) is 24.6 Å². The summed E-state index contributed by atoms with van der Waals surface area (Å²) in [5.74, 6) is 1.35. The Morgan fingerprint density at radius 1 is 1.23 bits per heavy atom. The van der Waals surface area contributed by atoms with Gasteiger partial charge in [0.25, 0.3) is 0 Å². The van der Waals surface area contributed by atoms with E-state index < -0.39 is 0 Å². The van der Waals surface area contributed by atoms with Gasteiger partial charge in [0, 0.05) is 45.1 Å². The minimum atomic E-state index is -0.304. The fourth-order valence-electron chi connectivity index (χ4n) is 2.72. The van der Waals surface area contributed by atoms with E-state index in [1.807, 2.05) is 19.2 Å². The fraction of sp³-hybridized carbons (Fsp3) is 0.500. The highest BCUT2D eigenvalue weighted by molar-refractivity contribution is 5.70. The van der Waals surface area contributed by atoms with Crippen LogP contribution in [-0.4, -0.2) is 68.6 Å². The van der Waals surface area contributed by atoms with Crippen LogP contribution < -0.4 is 10.6 Å². The Morgan fingerprint density at radius 2 is 1.95 bits per heavy atom. The normalized spacial score (nSPS) is 17.6. The molecule has 3 N–H and O–H groups in total. The maximum atomic E-state index is 9.47. The lowest BCUT2D eigenvalue weighted by Gasteiger charge is -2.36. The molecule has 0 saturated carbocycles. The minimum Gasteiger partial charge on any atom is -0.393 e. The average Bonchev–Trinajstić information content (AvgIpc) is 3.02. The van der Waals surface area contributed by atoms with Gasteiger partial charge in [-0.15, -0.1) is 0 Å². The van der Waals surface area contributed by atoms with Crippen molar-refractivity contribution in [2.45, 2.75) is 13.0 Å². The molecule has 0 aromatic carbocycles. The second-order valence-corrected chi connectivity index (χ2v) is 5.52. The first-order valence-electron chi connectivity index (χ1n) is 7.41. The van der Waals surface area contributed by atoms with Crippen molar-refractivity contribution in [3.63, 3.8) is 0 Å². The summed E-state index contributed by atoms with van der Waals surface area (Å²) in [6.45, 7) is 5.92. The lowest BCUT2D eigenvalue weighted by molar-refractivity contribution is 0.122. The molecule has 0 spiro atoms. The molecule has 0 unspecified atom stereocenters. The molecule has 8 nitrogen and oxygen atoms in total. The number of aliphatic hydroxyl groups is 1. The third kappa shape index (κ3) is 3.02. The van der Waals surface area contributed by atoms with Crippen LogP contribution in [0.25, 0.3) is 5.82 Å². The smallest absolute Gasteiger partial charge is 0.181 e. The molecule has 0 bridgehead atoms. The summed E-state index contributed by atoms with van der Waals surface area (Å²) < 4.78 is 1.64. The topological polar surface area (TPSA) is 96.3 Å². The van der Waals surface area contributed by atoms with Crippen molar-refractivity contribution in [2.24, 2.45) is 0 Å². The summed E-state index contributed by atoms with van der Waals surface area (Å²) in [6, 6.07) is 1.83.